The lowest BCUT2D eigenvalue weighted by Crippen LogP contribution is -2.15. The number of halogens is 1. The minimum absolute atomic E-state index is 0.154. The molecule has 0 radical (unpaired) electrons. The van der Waals surface area contributed by atoms with Crippen LogP contribution < -0.4 is 0 Å². The second-order valence-corrected chi connectivity index (χ2v) is 6.19. The average Bonchev–Trinajstić information content (AvgIpc) is 2.84. The fourth-order valence-electron chi connectivity index (χ4n) is 1.49. The van der Waals surface area contributed by atoms with Gasteiger partial charge in [0.1, 0.15) is 0 Å². The number of oxazole rings is 1. The zero-order valence-corrected chi connectivity index (χ0v) is 12.4. The van der Waals surface area contributed by atoms with Gasteiger partial charge in [0.25, 0.3) is 0 Å². The third-order valence-electron chi connectivity index (χ3n) is 2.81. The van der Waals surface area contributed by atoms with Crippen molar-refractivity contribution in [3.05, 3.63) is 41.4 Å². The zero-order chi connectivity index (χ0) is 13.8. The first-order valence-electron chi connectivity index (χ1n) is 6.06. The fraction of sp³-hybridized carbons (Fsp3) is 0.357. The van der Waals surface area contributed by atoms with Crippen LogP contribution in [-0.4, -0.2) is 21.4 Å². The molecule has 19 heavy (non-hydrogen) atoms. The molecule has 0 amide bonds. The van der Waals surface area contributed by atoms with Gasteiger partial charge >= 0.3 is 0 Å². The maximum Gasteiger partial charge on any atom is 0.204 e. The number of hydrogen-bond acceptors (Lipinski definition) is 4. The summed E-state index contributed by atoms with van der Waals surface area (Å²) in [6.07, 6.45) is 1.36. The summed E-state index contributed by atoms with van der Waals surface area (Å²) in [5.41, 5.74) is 0.917. The number of hydrogen-bond donors (Lipinski definition) is 1. The first-order chi connectivity index (χ1) is 9.06. The largest absolute Gasteiger partial charge is 0.440 e. The zero-order valence-electron chi connectivity index (χ0n) is 10.8. The van der Waals surface area contributed by atoms with Gasteiger partial charge in [0.2, 0.25) is 5.89 Å². The Kier molecular flexibility index (Phi) is 4.91. The van der Waals surface area contributed by atoms with Crippen LogP contribution in [0.25, 0.3) is 11.3 Å². The monoisotopic (exact) mass is 297 g/mol. The minimum atomic E-state index is -0.340. The number of rotatable bonds is 5. The van der Waals surface area contributed by atoms with Crippen molar-refractivity contribution in [3.8, 4) is 11.3 Å². The van der Waals surface area contributed by atoms with Crippen molar-refractivity contribution in [2.24, 2.45) is 0 Å². The van der Waals surface area contributed by atoms with Gasteiger partial charge in [-0.05, 0) is 19.1 Å². The number of aliphatic hydroxyl groups is 1. The summed E-state index contributed by atoms with van der Waals surface area (Å²) in [7, 11) is 0. The molecule has 0 saturated heterocycles. The van der Waals surface area contributed by atoms with Gasteiger partial charge in [-0.1, -0.05) is 30.7 Å². The van der Waals surface area contributed by atoms with Crippen LogP contribution in [0.2, 0.25) is 5.02 Å². The summed E-state index contributed by atoms with van der Waals surface area (Å²) in [5.74, 6) is 2.02. The first-order valence-corrected chi connectivity index (χ1v) is 7.49. The maximum absolute atomic E-state index is 9.43. The normalized spacial score (nSPS) is 14.3. The Morgan fingerprint density at radius 1 is 1.42 bits per heavy atom. The Morgan fingerprint density at radius 3 is 2.89 bits per heavy atom. The Bertz CT molecular complexity index is 542. The predicted molar refractivity (Wildman–Crippen MR) is 79.4 cm³/mol. The topological polar surface area (TPSA) is 46.3 Å². The summed E-state index contributed by atoms with van der Waals surface area (Å²) in [5, 5.41) is 10.3. The van der Waals surface area contributed by atoms with Crippen LogP contribution in [0.4, 0.5) is 0 Å². The molecular weight excluding hydrogens is 282 g/mol. The van der Waals surface area contributed by atoms with Crippen LogP contribution in [0.1, 0.15) is 19.7 Å². The minimum Gasteiger partial charge on any atom is -0.440 e. The van der Waals surface area contributed by atoms with E-state index in [1.54, 1.807) is 24.9 Å². The highest BCUT2D eigenvalue weighted by Gasteiger charge is 2.12. The molecule has 0 fully saturated rings. The highest BCUT2D eigenvalue weighted by atomic mass is 35.5. The molecule has 2 atom stereocenters. The van der Waals surface area contributed by atoms with Crippen molar-refractivity contribution < 1.29 is 9.52 Å². The van der Waals surface area contributed by atoms with E-state index in [-0.39, 0.29) is 11.4 Å². The fourth-order valence-corrected chi connectivity index (χ4v) is 2.50. The highest BCUT2D eigenvalue weighted by molar-refractivity contribution is 7.99. The van der Waals surface area contributed by atoms with Gasteiger partial charge in [-0.2, -0.15) is 0 Å². The molecule has 1 aromatic carbocycles. The molecule has 1 N–H and O–H groups in total. The molecule has 2 unspecified atom stereocenters. The summed E-state index contributed by atoms with van der Waals surface area (Å²) in [6, 6.07) is 7.48. The molecule has 0 bridgehead atoms. The number of nitrogens with zero attached hydrogens (tertiary/aromatic N) is 1. The van der Waals surface area contributed by atoms with E-state index in [0.29, 0.717) is 22.4 Å². The van der Waals surface area contributed by atoms with Gasteiger partial charge < -0.3 is 9.52 Å². The molecule has 0 saturated carbocycles. The molecular formula is C14H16ClNO2S. The quantitative estimate of drug-likeness (QED) is 0.906. The Morgan fingerprint density at radius 2 is 2.21 bits per heavy atom. The van der Waals surface area contributed by atoms with Crippen LogP contribution in [0, 0.1) is 0 Å². The summed E-state index contributed by atoms with van der Waals surface area (Å²) in [4.78, 5) is 4.24. The van der Waals surface area contributed by atoms with E-state index in [0.717, 1.165) is 5.56 Å². The van der Waals surface area contributed by atoms with Gasteiger partial charge in [0.15, 0.2) is 5.76 Å². The predicted octanol–water partition coefficient (Wildman–Crippen LogP) is 4.00. The smallest absolute Gasteiger partial charge is 0.204 e. The number of thioether (sulfide) groups is 1. The lowest BCUT2D eigenvalue weighted by Gasteiger charge is -2.12. The maximum atomic E-state index is 9.43. The van der Waals surface area contributed by atoms with E-state index in [2.05, 4.69) is 4.98 Å². The molecule has 1 aromatic heterocycles. The summed E-state index contributed by atoms with van der Waals surface area (Å²) >= 11 is 7.56. The third kappa shape index (κ3) is 4.00. The van der Waals surface area contributed by atoms with Crippen molar-refractivity contribution in [3.63, 3.8) is 0 Å². The number of benzene rings is 1. The highest BCUT2D eigenvalue weighted by Crippen LogP contribution is 2.26. The molecule has 0 aliphatic carbocycles. The first kappa shape index (κ1) is 14.4. The molecule has 1 heterocycles. The van der Waals surface area contributed by atoms with E-state index >= 15 is 0 Å². The number of aromatic nitrogens is 1. The molecule has 102 valence electrons. The van der Waals surface area contributed by atoms with Crippen LogP contribution in [0.3, 0.4) is 0 Å². The van der Waals surface area contributed by atoms with E-state index < -0.39 is 0 Å². The van der Waals surface area contributed by atoms with Crippen LogP contribution in [0.15, 0.2) is 34.9 Å². The van der Waals surface area contributed by atoms with Crippen molar-refractivity contribution in [1.29, 1.82) is 0 Å². The Hall–Kier alpha value is -0.970. The second kappa shape index (κ2) is 6.46. The van der Waals surface area contributed by atoms with E-state index in [4.69, 9.17) is 16.0 Å². The van der Waals surface area contributed by atoms with Gasteiger partial charge in [-0.25, -0.2) is 4.98 Å². The van der Waals surface area contributed by atoms with Crippen LogP contribution in [-0.2, 0) is 5.75 Å². The van der Waals surface area contributed by atoms with Crippen LogP contribution in [0.5, 0.6) is 0 Å². The lowest BCUT2D eigenvalue weighted by atomic mass is 10.2. The van der Waals surface area contributed by atoms with Crippen molar-refractivity contribution in [1.82, 2.24) is 4.98 Å². The van der Waals surface area contributed by atoms with Crippen molar-refractivity contribution in [2.45, 2.75) is 31.0 Å². The van der Waals surface area contributed by atoms with Crippen molar-refractivity contribution >= 4 is 23.4 Å². The molecule has 5 heteroatoms. The van der Waals surface area contributed by atoms with Crippen LogP contribution >= 0.6 is 23.4 Å². The molecule has 2 rings (SSSR count). The molecule has 0 spiro atoms. The van der Waals surface area contributed by atoms with E-state index in [9.17, 15) is 5.11 Å². The van der Waals surface area contributed by atoms with Crippen molar-refractivity contribution in [2.75, 3.05) is 0 Å². The van der Waals surface area contributed by atoms with Gasteiger partial charge in [0, 0.05) is 15.8 Å². The van der Waals surface area contributed by atoms with Gasteiger partial charge in [-0.3, -0.25) is 0 Å². The Balaban J connectivity index is 2.03. The lowest BCUT2D eigenvalue weighted by molar-refractivity contribution is 0.196. The molecule has 0 aliphatic heterocycles. The summed E-state index contributed by atoms with van der Waals surface area (Å²) < 4.78 is 5.68. The third-order valence-corrected chi connectivity index (χ3v) is 4.38. The molecule has 2 aromatic rings. The van der Waals surface area contributed by atoms with Gasteiger partial charge in [-0.15, -0.1) is 11.8 Å². The van der Waals surface area contributed by atoms with E-state index in [1.165, 1.54) is 0 Å². The average molecular weight is 298 g/mol. The van der Waals surface area contributed by atoms with E-state index in [1.807, 2.05) is 31.2 Å². The molecule has 0 aliphatic rings. The Labute approximate surface area is 122 Å². The standard InChI is InChI=1S/C14H16ClNO2S/c1-9(17)10(2)19-8-14-16-7-13(18-14)11-4-3-5-12(15)6-11/h3-7,9-10,17H,8H2,1-2H3. The second-order valence-electron chi connectivity index (χ2n) is 4.39. The van der Waals surface area contributed by atoms with Gasteiger partial charge in [0.05, 0.1) is 18.1 Å². The number of aliphatic hydroxyl groups excluding tert-OH is 1. The molecule has 3 nitrogen and oxygen atoms in total. The summed E-state index contributed by atoms with van der Waals surface area (Å²) in [6.45, 7) is 3.76. The SMILES string of the molecule is CC(O)C(C)SCc1ncc(-c2cccc(Cl)c2)o1.